The first kappa shape index (κ1) is 8.11. The molecule has 4 heteroatoms. The van der Waals surface area contributed by atoms with Crippen molar-refractivity contribution in [1.82, 2.24) is 9.55 Å². The smallest absolute Gasteiger partial charge is 0.205 e. The molecule has 3 rings (SSSR count). The summed E-state index contributed by atoms with van der Waals surface area (Å²) in [6, 6.07) is 7.40. The minimum atomic E-state index is 0.719. The van der Waals surface area contributed by atoms with E-state index in [1.54, 1.807) is 18.7 Å². The third kappa shape index (κ3) is 1.27. The molecule has 0 aliphatic heterocycles. The fourth-order valence-electron chi connectivity index (χ4n) is 1.48. The number of furan rings is 2. The summed E-state index contributed by atoms with van der Waals surface area (Å²) in [5.41, 5.74) is 0. The Morgan fingerprint density at radius 1 is 1.07 bits per heavy atom. The van der Waals surface area contributed by atoms with Crippen LogP contribution in [-0.4, -0.2) is 9.55 Å². The Morgan fingerprint density at radius 3 is 2.67 bits per heavy atom. The first-order chi connectivity index (χ1) is 7.45. The number of aromatic nitrogens is 2. The lowest BCUT2D eigenvalue weighted by Crippen LogP contribution is -1.92. The maximum atomic E-state index is 5.30. The molecule has 0 aliphatic carbocycles. The summed E-state index contributed by atoms with van der Waals surface area (Å²) in [7, 11) is 0. The van der Waals surface area contributed by atoms with Gasteiger partial charge in [-0.15, -0.1) is 0 Å². The van der Waals surface area contributed by atoms with E-state index in [1.807, 2.05) is 35.0 Å². The summed E-state index contributed by atoms with van der Waals surface area (Å²) in [4.78, 5) is 4.22. The Kier molecular flexibility index (Phi) is 1.71. The van der Waals surface area contributed by atoms with Gasteiger partial charge in [-0.2, -0.15) is 0 Å². The molecule has 0 bridgehead atoms. The molecule has 0 spiro atoms. The van der Waals surface area contributed by atoms with E-state index in [2.05, 4.69) is 4.98 Å². The first-order valence-corrected chi connectivity index (χ1v) is 4.56. The van der Waals surface area contributed by atoms with Gasteiger partial charge in [0.25, 0.3) is 0 Å². The van der Waals surface area contributed by atoms with Gasteiger partial charge in [0.15, 0.2) is 11.6 Å². The maximum Gasteiger partial charge on any atom is 0.205 e. The Labute approximate surface area is 85.8 Å². The summed E-state index contributed by atoms with van der Waals surface area (Å²) in [5.74, 6) is 2.17. The molecular formula is C11H8N2O2. The zero-order chi connectivity index (χ0) is 10.1. The van der Waals surface area contributed by atoms with Gasteiger partial charge in [0.2, 0.25) is 5.88 Å². The van der Waals surface area contributed by atoms with Crippen LogP contribution in [0.15, 0.2) is 58.0 Å². The van der Waals surface area contributed by atoms with E-state index in [0.29, 0.717) is 0 Å². The molecule has 15 heavy (non-hydrogen) atoms. The molecular weight excluding hydrogens is 192 g/mol. The first-order valence-electron chi connectivity index (χ1n) is 4.56. The quantitative estimate of drug-likeness (QED) is 0.638. The van der Waals surface area contributed by atoms with Gasteiger partial charge in [-0.25, -0.2) is 4.98 Å². The Hall–Kier alpha value is -2.23. The summed E-state index contributed by atoms with van der Waals surface area (Å²) < 4.78 is 12.4. The molecule has 3 aromatic rings. The maximum absolute atomic E-state index is 5.30. The third-order valence-corrected chi connectivity index (χ3v) is 2.13. The predicted octanol–water partition coefficient (Wildman–Crippen LogP) is 2.73. The van der Waals surface area contributed by atoms with Crippen molar-refractivity contribution in [3.8, 4) is 17.5 Å². The Morgan fingerprint density at radius 2 is 1.93 bits per heavy atom. The van der Waals surface area contributed by atoms with Crippen molar-refractivity contribution in [3.05, 3.63) is 49.2 Å². The van der Waals surface area contributed by atoms with Gasteiger partial charge in [0.05, 0.1) is 12.5 Å². The van der Waals surface area contributed by atoms with Crippen LogP contribution in [0.2, 0.25) is 0 Å². The summed E-state index contributed by atoms with van der Waals surface area (Å²) in [5, 5.41) is 0. The summed E-state index contributed by atoms with van der Waals surface area (Å²) >= 11 is 0. The van der Waals surface area contributed by atoms with Crippen molar-refractivity contribution in [2.24, 2.45) is 0 Å². The SMILES string of the molecule is c1coc(-c2nccn2-c2ccco2)c1. The van der Waals surface area contributed by atoms with Crippen molar-refractivity contribution in [3.63, 3.8) is 0 Å². The number of imidazole rings is 1. The van der Waals surface area contributed by atoms with E-state index in [1.165, 1.54) is 0 Å². The molecule has 0 aliphatic rings. The van der Waals surface area contributed by atoms with Crippen molar-refractivity contribution in [2.45, 2.75) is 0 Å². The van der Waals surface area contributed by atoms with Gasteiger partial charge in [-0.3, -0.25) is 4.57 Å². The topological polar surface area (TPSA) is 44.1 Å². The molecule has 0 N–H and O–H groups in total. The fourth-order valence-corrected chi connectivity index (χ4v) is 1.48. The molecule has 3 heterocycles. The molecule has 0 atom stereocenters. The fraction of sp³-hybridized carbons (Fsp3) is 0. The number of nitrogens with zero attached hydrogens (tertiary/aromatic N) is 2. The van der Waals surface area contributed by atoms with Crippen LogP contribution < -0.4 is 0 Å². The minimum Gasteiger partial charge on any atom is -0.461 e. The van der Waals surface area contributed by atoms with E-state index in [9.17, 15) is 0 Å². The zero-order valence-corrected chi connectivity index (χ0v) is 7.83. The molecule has 3 aromatic heterocycles. The lowest BCUT2D eigenvalue weighted by Gasteiger charge is -2.00. The standard InChI is InChI=1S/C11H8N2O2/c1-3-9(14-7-1)11-12-5-6-13(11)10-4-2-8-15-10/h1-8H. The van der Waals surface area contributed by atoms with Gasteiger partial charge in [-0.05, 0) is 18.2 Å². The summed E-state index contributed by atoms with van der Waals surface area (Å²) in [6.07, 6.45) is 6.79. The van der Waals surface area contributed by atoms with Crippen molar-refractivity contribution in [1.29, 1.82) is 0 Å². The van der Waals surface area contributed by atoms with E-state index in [4.69, 9.17) is 8.83 Å². The van der Waals surface area contributed by atoms with Gasteiger partial charge in [-0.1, -0.05) is 0 Å². The number of hydrogen-bond acceptors (Lipinski definition) is 3. The zero-order valence-electron chi connectivity index (χ0n) is 7.83. The second kappa shape index (κ2) is 3.16. The van der Waals surface area contributed by atoms with Gasteiger partial charge in [0, 0.05) is 18.5 Å². The molecule has 0 aromatic carbocycles. The van der Waals surface area contributed by atoms with E-state index < -0.39 is 0 Å². The molecule has 74 valence electrons. The minimum absolute atomic E-state index is 0.719. The molecule has 0 radical (unpaired) electrons. The Bertz CT molecular complexity index is 486. The second-order valence-electron chi connectivity index (χ2n) is 3.05. The predicted molar refractivity (Wildman–Crippen MR) is 53.5 cm³/mol. The number of hydrogen-bond donors (Lipinski definition) is 0. The van der Waals surface area contributed by atoms with Gasteiger partial charge in [0.1, 0.15) is 0 Å². The van der Waals surface area contributed by atoms with Crippen LogP contribution in [0, 0.1) is 0 Å². The second-order valence-corrected chi connectivity index (χ2v) is 3.05. The van der Waals surface area contributed by atoms with Crippen molar-refractivity contribution >= 4 is 0 Å². The van der Waals surface area contributed by atoms with Crippen molar-refractivity contribution in [2.75, 3.05) is 0 Å². The van der Waals surface area contributed by atoms with E-state index >= 15 is 0 Å². The highest BCUT2D eigenvalue weighted by atomic mass is 16.3. The molecule has 0 fully saturated rings. The van der Waals surface area contributed by atoms with Crippen LogP contribution in [0.25, 0.3) is 17.5 Å². The van der Waals surface area contributed by atoms with Crippen LogP contribution in [0.5, 0.6) is 0 Å². The molecule has 0 saturated carbocycles. The van der Waals surface area contributed by atoms with Crippen LogP contribution in [-0.2, 0) is 0 Å². The monoisotopic (exact) mass is 200 g/mol. The van der Waals surface area contributed by atoms with Crippen molar-refractivity contribution < 1.29 is 8.83 Å². The van der Waals surface area contributed by atoms with Gasteiger partial charge < -0.3 is 8.83 Å². The molecule has 0 unspecified atom stereocenters. The van der Waals surface area contributed by atoms with E-state index in [0.717, 1.165) is 17.5 Å². The lowest BCUT2D eigenvalue weighted by molar-refractivity contribution is 0.532. The lowest BCUT2D eigenvalue weighted by atomic mass is 10.4. The number of rotatable bonds is 2. The van der Waals surface area contributed by atoms with Crippen LogP contribution in [0.1, 0.15) is 0 Å². The molecule has 0 amide bonds. The third-order valence-electron chi connectivity index (χ3n) is 2.13. The Balaban J connectivity index is 2.15. The average Bonchev–Trinajstić information content (AvgIpc) is 3.01. The van der Waals surface area contributed by atoms with E-state index in [-0.39, 0.29) is 0 Å². The largest absolute Gasteiger partial charge is 0.461 e. The summed E-state index contributed by atoms with van der Waals surface area (Å²) in [6.45, 7) is 0. The van der Waals surface area contributed by atoms with Gasteiger partial charge >= 0.3 is 0 Å². The highest BCUT2D eigenvalue weighted by Crippen LogP contribution is 2.21. The normalized spacial score (nSPS) is 10.7. The van der Waals surface area contributed by atoms with Crippen LogP contribution in [0.3, 0.4) is 0 Å². The molecule has 0 saturated heterocycles. The average molecular weight is 200 g/mol. The van der Waals surface area contributed by atoms with Crippen LogP contribution in [0.4, 0.5) is 0 Å². The van der Waals surface area contributed by atoms with Crippen LogP contribution >= 0.6 is 0 Å². The molecule has 4 nitrogen and oxygen atoms in total. The highest BCUT2D eigenvalue weighted by molar-refractivity contribution is 5.50. The highest BCUT2D eigenvalue weighted by Gasteiger charge is 2.10.